The van der Waals surface area contributed by atoms with Crippen molar-refractivity contribution in [3.05, 3.63) is 23.4 Å². The van der Waals surface area contributed by atoms with E-state index in [4.69, 9.17) is 5.26 Å². The molecular weight excluding hydrogens is 210 g/mol. The molecule has 17 heavy (non-hydrogen) atoms. The monoisotopic (exact) mass is 229 g/mol. The number of aromatic nitrogens is 1. The van der Waals surface area contributed by atoms with Crippen molar-refractivity contribution in [3.8, 4) is 6.07 Å². The van der Waals surface area contributed by atoms with Crippen LogP contribution in [0.5, 0.6) is 0 Å². The average Bonchev–Trinajstić information content (AvgIpc) is 2.73. The maximum atomic E-state index is 8.89. The molecule has 1 fully saturated rings. The Morgan fingerprint density at radius 3 is 2.82 bits per heavy atom. The second-order valence-electron chi connectivity index (χ2n) is 5.25. The highest BCUT2D eigenvalue weighted by atomic mass is 15.2. The van der Waals surface area contributed by atoms with Gasteiger partial charge in [-0.05, 0) is 37.3 Å². The summed E-state index contributed by atoms with van der Waals surface area (Å²) in [4.78, 5) is 6.86. The highest BCUT2D eigenvalue weighted by molar-refractivity contribution is 5.46. The third-order valence-corrected chi connectivity index (χ3v) is 3.93. The smallest absolute Gasteiger partial charge is 0.128 e. The molecule has 3 nitrogen and oxygen atoms in total. The lowest BCUT2D eigenvalue weighted by Gasteiger charge is -2.23. The van der Waals surface area contributed by atoms with Crippen molar-refractivity contribution in [1.29, 1.82) is 5.26 Å². The lowest BCUT2D eigenvalue weighted by molar-refractivity contribution is 0.355. The van der Waals surface area contributed by atoms with Crippen LogP contribution in [0.15, 0.2) is 12.1 Å². The van der Waals surface area contributed by atoms with E-state index in [1.165, 1.54) is 12.8 Å². The number of nitrogens with zero attached hydrogens (tertiary/aromatic N) is 3. The molecule has 0 saturated carbocycles. The van der Waals surface area contributed by atoms with Crippen molar-refractivity contribution in [1.82, 2.24) is 4.98 Å². The molecule has 3 heteroatoms. The summed E-state index contributed by atoms with van der Waals surface area (Å²) in [6, 6.07) is 6.00. The normalized spacial score (nSPS) is 23.8. The molecular formula is C14H19N3. The van der Waals surface area contributed by atoms with E-state index in [2.05, 4.69) is 29.8 Å². The van der Waals surface area contributed by atoms with Crippen LogP contribution in [0.25, 0.3) is 0 Å². The fourth-order valence-corrected chi connectivity index (χ4v) is 2.35. The molecule has 0 amide bonds. The van der Waals surface area contributed by atoms with Crippen molar-refractivity contribution in [3.63, 3.8) is 0 Å². The fraction of sp³-hybridized carbons (Fsp3) is 0.571. The summed E-state index contributed by atoms with van der Waals surface area (Å²) >= 11 is 0. The quantitative estimate of drug-likeness (QED) is 0.783. The van der Waals surface area contributed by atoms with Gasteiger partial charge in [-0.3, -0.25) is 0 Å². The highest BCUT2D eigenvalue weighted by Crippen LogP contribution is 2.35. The standard InChI is InChI=1S/C14H19N3/c1-4-14(3)7-8-17(10-14)13-6-5-12(9-15)11(2)16-13/h5-6H,4,7-8,10H2,1-3H3. The second-order valence-corrected chi connectivity index (χ2v) is 5.25. The SMILES string of the molecule is CCC1(C)CCN(c2ccc(C#N)c(C)n2)C1. The number of nitriles is 1. The van der Waals surface area contributed by atoms with Crippen LogP contribution in [0.2, 0.25) is 0 Å². The first-order valence-electron chi connectivity index (χ1n) is 6.21. The largest absolute Gasteiger partial charge is 0.356 e. The van der Waals surface area contributed by atoms with Gasteiger partial charge in [0.15, 0.2) is 0 Å². The molecule has 90 valence electrons. The zero-order chi connectivity index (χ0) is 12.5. The maximum absolute atomic E-state index is 8.89. The minimum atomic E-state index is 0.420. The topological polar surface area (TPSA) is 39.9 Å². The Labute approximate surface area is 103 Å². The van der Waals surface area contributed by atoms with E-state index in [0.717, 1.165) is 24.6 Å². The highest BCUT2D eigenvalue weighted by Gasteiger charge is 2.32. The Kier molecular flexibility index (Phi) is 3.06. The van der Waals surface area contributed by atoms with Gasteiger partial charge in [0.1, 0.15) is 11.9 Å². The van der Waals surface area contributed by atoms with Gasteiger partial charge in [0.25, 0.3) is 0 Å². The summed E-state index contributed by atoms with van der Waals surface area (Å²) < 4.78 is 0. The Morgan fingerprint density at radius 1 is 1.53 bits per heavy atom. The van der Waals surface area contributed by atoms with Crippen molar-refractivity contribution in [2.75, 3.05) is 18.0 Å². The molecule has 1 aliphatic rings. The molecule has 0 spiro atoms. The fourth-order valence-electron chi connectivity index (χ4n) is 2.35. The summed E-state index contributed by atoms with van der Waals surface area (Å²) in [6.07, 6.45) is 2.43. The van der Waals surface area contributed by atoms with Crippen LogP contribution in [0.1, 0.15) is 37.9 Å². The lowest BCUT2D eigenvalue weighted by Crippen LogP contribution is -2.25. The third kappa shape index (κ3) is 2.26. The van der Waals surface area contributed by atoms with Crippen LogP contribution < -0.4 is 4.90 Å². The molecule has 1 aromatic heterocycles. The number of aryl methyl sites for hydroxylation is 1. The number of hydrogen-bond donors (Lipinski definition) is 0. The molecule has 1 unspecified atom stereocenters. The maximum Gasteiger partial charge on any atom is 0.128 e. The lowest BCUT2D eigenvalue weighted by atomic mass is 9.87. The molecule has 0 aliphatic carbocycles. The third-order valence-electron chi connectivity index (χ3n) is 3.93. The summed E-state index contributed by atoms with van der Waals surface area (Å²) in [5.41, 5.74) is 1.92. The predicted molar refractivity (Wildman–Crippen MR) is 68.9 cm³/mol. The minimum absolute atomic E-state index is 0.420. The van der Waals surface area contributed by atoms with Gasteiger partial charge in [0, 0.05) is 13.1 Å². The van der Waals surface area contributed by atoms with Crippen molar-refractivity contribution < 1.29 is 0 Å². The van der Waals surface area contributed by atoms with E-state index in [1.54, 1.807) is 0 Å². The van der Waals surface area contributed by atoms with Gasteiger partial charge >= 0.3 is 0 Å². The molecule has 1 aromatic rings. The second kappa shape index (κ2) is 4.37. The zero-order valence-corrected chi connectivity index (χ0v) is 10.8. The van der Waals surface area contributed by atoms with Gasteiger partial charge in [0.05, 0.1) is 11.3 Å². The first-order chi connectivity index (χ1) is 8.08. The summed E-state index contributed by atoms with van der Waals surface area (Å²) in [7, 11) is 0. The number of anilines is 1. The van der Waals surface area contributed by atoms with Gasteiger partial charge in [-0.2, -0.15) is 5.26 Å². The molecule has 1 aliphatic heterocycles. The average molecular weight is 229 g/mol. The van der Waals surface area contributed by atoms with Crippen molar-refractivity contribution in [2.24, 2.45) is 5.41 Å². The first-order valence-corrected chi connectivity index (χ1v) is 6.21. The predicted octanol–water partition coefficient (Wildman–Crippen LogP) is 2.89. The van der Waals surface area contributed by atoms with E-state index in [1.807, 2.05) is 19.1 Å². The molecule has 0 bridgehead atoms. The van der Waals surface area contributed by atoms with Gasteiger partial charge in [-0.1, -0.05) is 13.8 Å². The van der Waals surface area contributed by atoms with Gasteiger partial charge in [0.2, 0.25) is 0 Å². The van der Waals surface area contributed by atoms with E-state index in [0.29, 0.717) is 11.0 Å². The van der Waals surface area contributed by atoms with Crippen LogP contribution in [0.3, 0.4) is 0 Å². The molecule has 1 saturated heterocycles. The Hall–Kier alpha value is -1.56. The van der Waals surface area contributed by atoms with E-state index >= 15 is 0 Å². The summed E-state index contributed by atoms with van der Waals surface area (Å²) in [5, 5.41) is 8.89. The Bertz CT molecular complexity index is 461. The molecule has 0 radical (unpaired) electrons. The van der Waals surface area contributed by atoms with Gasteiger partial charge < -0.3 is 4.90 Å². The summed E-state index contributed by atoms with van der Waals surface area (Å²) in [5.74, 6) is 1.01. The first kappa shape index (κ1) is 11.9. The van der Waals surface area contributed by atoms with Crippen LogP contribution in [0, 0.1) is 23.7 Å². The Morgan fingerprint density at radius 2 is 2.29 bits per heavy atom. The van der Waals surface area contributed by atoms with E-state index in [9.17, 15) is 0 Å². The van der Waals surface area contributed by atoms with E-state index in [-0.39, 0.29) is 0 Å². The number of pyridine rings is 1. The zero-order valence-electron chi connectivity index (χ0n) is 10.8. The molecule has 0 N–H and O–H groups in total. The van der Waals surface area contributed by atoms with Crippen LogP contribution in [-0.4, -0.2) is 18.1 Å². The van der Waals surface area contributed by atoms with Gasteiger partial charge in [-0.25, -0.2) is 4.98 Å². The van der Waals surface area contributed by atoms with Crippen LogP contribution in [0.4, 0.5) is 5.82 Å². The number of rotatable bonds is 2. The molecule has 2 rings (SSSR count). The van der Waals surface area contributed by atoms with Crippen LogP contribution in [-0.2, 0) is 0 Å². The van der Waals surface area contributed by atoms with Crippen LogP contribution >= 0.6 is 0 Å². The van der Waals surface area contributed by atoms with Crippen molar-refractivity contribution in [2.45, 2.75) is 33.6 Å². The molecule has 1 atom stereocenters. The van der Waals surface area contributed by atoms with Gasteiger partial charge in [-0.15, -0.1) is 0 Å². The molecule has 0 aromatic carbocycles. The number of hydrogen-bond acceptors (Lipinski definition) is 3. The van der Waals surface area contributed by atoms with Crippen molar-refractivity contribution >= 4 is 5.82 Å². The van der Waals surface area contributed by atoms with E-state index < -0.39 is 0 Å². The Balaban J connectivity index is 2.20. The minimum Gasteiger partial charge on any atom is -0.356 e. The molecule has 2 heterocycles. The summed E-state index contributed by atoms with van der Waals surface area (Å²) in [6.45, 7) is 8.63.